The molecule has 0 radical (unpaired) electrons. The molecule has 9 nitrogen and oxygen atoms in total. The van der Waals surface area contributed by atoms with Gasteiger partial charge in [-0.15, -0.1) is 0 Å². The molecule has 0 unspecified atom stereocenters. The molecule has 0 spiro atoms. The Morgan fingerprint density at radius 1 is 0.930 bits per heavy atom. The van der Waals surface area contributed by atoms with Crippen molar-refractivity contribution in [3.63, 3.8) is 0 Å². The van der Waals surface area contributed by atoms with Crippen molar-refractivity contribution < 1.29 is 33.3 Å². The van der Waals surface area contributed by atoms with Crippen molar-refractivity contribution in [2.75, 3.05) is 26.3 Å². The first-order valence-corrected chi connectivity index (χ1v) is 15.4. The van der Waals surface area contributed by atoms with Gasteiger partial charge < -0.3 is 29.2 Å². The number of likely N-dealkylation sites (tertiary alicyclic amines) is 1. The van der Waals surface area contributed by atoms with Crippen LogP contribution in [0, 0.1) is 0 Å². The summed E-state index contributed by atoms with van der Waals surface area (Å²) in [6.45, 7) is 9.20. The van der Waals surface area contributed by atoms with Crippen molar-refractivity contribution in [2.45, 2.75) is 97.0 Å². The minimum atomic E-state index is -0.802. The molecule has 9 heteroatoms. The minimum absolute atomic E-state index is 0.109. The number of carbonyl (C=O) groups excluding carboxylic acids is 3. The number of nitrogens with one attached hydrogen (secondary N) is 1. The Labute approximate surface area is 256 Å². The monoisotopic (exact) mass is 596 g/mol. The van der Waals surface area contributed by atoms with Crippen molar-refractivity contribution >= 4 is 18.0 Å². The molecule has 1 aliphatic heterocycles. The number of rotatable bonds is 15. The Morgan fingerprint density at radius 3 is 2.28 bits per heavy atom. The summed E-state index contributed by atoms with van der Waals surface area (Å²) in [4.78, 5) is 40.2. The molecular weight excluding hydrogens is 548 g/mol. The van der Waals surface area contributed by atoms with Gasteiger partial charge in [0.2, 0.25) is 5.91 Å². The van der Waals surface area contributed by atoms with Crippen molar-refractivity contribution in [2.24, 2.45) is 0 Å². The van der Waals surface area contributed by atoms with E-state index in [4.69, 9.17) is 18.9 Å². The molecule has 1 atom stereocenters. The normalized spacial score (nSPS) is 14.6. The standard InChI is InChI=1S/C34H48N2O7/c1-5-6-7-11-22-40-28-16-14-26(15-17-28)23-30(35-33(39)42-24-27-12-9-8-10-13-27)32(38)36-20-18-29(19-21-36)41-25-31(37)43-34(2,3)4/h8-10,12-17,29-30H,5-7,11,18-25H2,1-4H3,(H,35,39)/t30-/m0/s1. The third-order valence-electron chi connectivity index (χ3n) is 7.04. The van der Waals surface area contributed by atoms with Crippen LogP contribution < -0.4 is 10.1 Å². The molecule has 1 fully saturated rings. The molecule has 1 aliphatic rings. The van der Waals surface area contributed by atoms with Crippen LogP contribution in [0.5, 0.6) is 5.75 Å². The number of piperidine rings is 1. The van der Waals surface area contributed by atoms with E-state index < -0.39 is 23.7 Å². The molecule has 2 aromatic carbocycles. The quantitative estimate of drug-likeness (QED) is 0.204. The Bertz CT molecular complexity index is 1120. The summed E-state index contributed by atoms with van der Waals surface area (Å²) >= 11 is 0. The molecule has 0 aliphatic carbocycles. The maximum absolute atomic E-state index is 13.7. The SMILES string of the molecule is CCCCCCOc1ccc(C[C@H](NC(=O)OCc2ccccc2)C(=O)N2CCC(OCC(=O)OC(C)(C)C)CC2)cc1. The first-order valence-electron chi connectivity index (χ1n) is 15.4. The summed E-state index contributed by atoms with van der Waals surface area (Å²) in [7, 11) is 0. The number of unbranched alkanes of at least 4 members (excludes halogenated alkanes) is 3. The number of esters is 1. The van der Waals surface area contributed by atoms with E-state index in [0.717, 1.165) is 29.7 Å². The molecular formula is C34H48N2O7. The Kier molecular flexibility index (Phi) is 13.8. The van der Waals surface area contributed by atoms with Crippen LogP contribution in [-0.2, 0) is 36.8 Å². The molecule has 2 amide bonds. The predicted molar refractivity (Wildman–Crippen MR) is 165 cm³/mol. The number of hydrogen-bond donors (Lipinski definition) is 1. The van der Waals surface area contributed by atoms with Gasteiger partial charge in [0.1, 0.15) is 30.6 Å². The Balaban J connectivity index is 1.57. The second-order valence-electron chi connectivity index (χ2n) is 11.9. The molecule has 3 rings (SSSR count). The fraction of sp³-hybridized carbons (Fsp3) is 0.559. The second-order valence-corrected chi connectivity index (χ2v) is 11.9. The van der Waals surface area contributed by atoms with E-state index in [1.807, 2.05) is 75.4 Å². The first kappa shape index (κ1) is 33.9. The summed E-state index contributed by atoms with van der Waals surface area (Å²) in [6, 6.07) is 16.2. The van der Waals surface area contributed by atoms with E-state index in [0.29, 0.717) is 39.0 Å². The lowest BCUT2D eigenvalue weighted by molar-refractivity contribution is -0.163. The zero-order chi connectivity index (χ0) is 31.1. The molecule has 1 N–H and O–H groups in total. The van der Waals surface area contributed by atoms with E-state index in [-0.39, 0.29) is 25.2 Å². The smallest absolute Gasteiger partial charge is 0.408 e. The lowest BCUT2D eigenvalue weighted by atomic mass is 10.0. The Hall–Kier alpha value is -3.59. The van der Waals surface area contributed by atoms with Crippen LogP contribution in [0.25, 0.3) is 0 Å². The third kappa shape index (κ3) is 13.1. The number of nitrogens with zero attached hydrogens (tertiary/aromatic N) is 1. The highest BCUT2D eigenvalue weighted by atomic mass is 16.6. The van der Waals surface area contributed by atoms with Gasteiger partial charge in [-0.2, -0.15) is 0 Å². The van der Waals surface area contributed by atoms with Crippen molar-refractivity contribution in [3.8, 4) is 5.75 Å². The zero-order valence-electron chi connectivity index (χ0n) is 26.1. The van der Waals surface area contributed by atoms with Crippen molar-refractivity contribution in [3.05, 3.63) is 65.7 Å². The molecule has 0 aromatic heterocycles. The molecule has 236 valence electrons. The fourth-order valence-electron chi connectivity index (χ4n) is 4.80. The van der Waals surface area contributed by atoms with Crippen LogP contribution >= 0.6 is 0 Å². The van der Waals surface area contributed by atoms with Crippen molar-refractivity contribution in [1.29, 1.82) is 0 Å². The van der Waals surface area contributed by atoms with Gasteiger partial charge in [-0.25, -0.2) is 9.59 Å². The van der Waals surface area contributed by atoms with Gasteiger partial charge in [-0.1, -0.05) is 68.7 Å². The lowest BCUT2D eigenvalue weighted by Gasteiger charge is -2.34. The van der Waals surface area contributed by atoms with Crippen LogP contribution in [0.2, 0.25) is 0 Å². The topological polar surface area (TPSA) is 103 Å². The minimum Gasteiger partial charge on any atom is -0.494 e. The van der Waals surface area contributed by atoms with Gasteiger partial charge in [0, 0.05) is 19.5 Å². The molecule has 43 heavy (non-hydrogen) atoms. The molecule has 0 saturated carbocycles. The summed E-state index contributed by atoms with van der Waals surface area (Å²) in [5, 5.41) is 2.80. The van der Waals surface area contributed by atoms with E-state index >= 15 is 0 Å². The average molecular weight is 597 g/mol. The molecule has 1 saturated heterocycles. The number of benzene rings is 2. The fourth-order valence-corrected chi connectivity index (χ4v) is 4.80. The van der Waals surface area contributed by atoms with E-state index in [1.54, 1.807) is 4.90 Å². The first-order chi connectivity index (χ1) is 20.6. The summed E-state index contributed by atoms with van der Waals surface area (Å²) in [6.07, 6.45) is 5.25. The van der Waals surface area contributed by atoms with Crippen LogP contribution in [0.4, 0.5) is 4.79 Å². The maximum atomic E-state index is 13.7. The molecule has 2 aromatic rings. The largest absolute Gasteiger partial charge is 0.494 e. The molecule has 1 heterocycles. The van der Waals surface area contributed by atoms with Crippen LogP contribution in [0.3, 0.4) is 0 Å². The Morgan fingerprint density at radius 2 is 1.63 bits per heavy atom. The number of carbonyl (C=O) groups is 3. The predicted octanol–water partition coefficient (Wildman–Crippen LogP) is 5.83. The third-order valence-corrected chi connectivity index (χ3v) is 7.04. The van der Waals surface area contributed by atoms with E-state index in [9.17, 15) is 14.4 Å². The van der Waals surface area contributed by atoms with Gasteiger partial charge in [0.15, 0.2) is 0 Å². The summed E-state index contributed by atoms with van der Waals surface area (Å²) in [5.41, 5.74) is 1.19. The highest BCUT2D eigenvalue weighted by molar-refractivity contribution is 5.86. The van der Waals surface area contributed by atoms with Crippen LogP contribution in [-0.4, -0.2) is 66.9 Å². The van der Waals surface area contributed by atoms with Gasteiger partial charge in [-0.3, -0.25) is 4.79 Å². The lowest BCUT2D eigenvalue weighted by Crippen LogP contribution is -2.52. The number of amides is 2. The van der Waals surface area contributed by atoms with Crippen LogP contribution in [0.15, 0.2) is 54.6 Å². The highest BCUT2D eigenvalue weighted by Gasteiger charge is 2.31. The van der Waals surface area contributed by atoms with Gasteiger partial charge in [0.05, 0.1) is 12.7 Å². The number of ether oxygens (including phenoxy) is 4. The second kappa shape index (κ2) is 17.5. The van der Waals surface area contributed by atoms with Gasteiger partial charge in [-0.05, 0) is 63.3 Å². The molecule has 0 bridgehead atoms. The van der Waals surface area contributed by atoms with E-state index in [1.165, 1.54) is 12.8 Å². The summed E-state index contributed by atoms with van der Waals surface area (Å²) < 4.78 is 22.4. The maximum Gasteiger partial charge on any atom is 0.408 e. The van der Waals surface area contributed by atoms with Gasteiger partial charge in [0.25, 0.3) is 0 Å². The summed E-state index contributed by atoms with van der Waals surface area (Å²) in [5.74, 6) is 0.197. The number of alkyl carbamates (subject to hydrolysis) is 1. The zero-order valence-corrected chi connectivity index (χ0v) is 26.1. The average Bonchev–Trinajstić information content (AvgIpc) is 2.99. The van der Waals surface area contributed by atoms with E-state index in [2.05, 4.69) is 12.2 Å². The van der Waals surface area contributed by atoms with Crippen LogP contribution in [0.1, 0.15) is 77.3 Å². The number of hydrogen-bond acceptors (Lipinski definition) is 7. The highest BCUT2D eigenvalue weighted by Crippen LogP contribution is 2.19. The van der Waals surface area contributed by atoms with Gasteiger partial charge >= 0.3 is 12.1 Å². The van der Waals surface area contributed by atoms with Crippen molar-refractivity contribution in [1.82, 2.24) is 10.2 Å².